The van der Waals surface area contributed by atoms with E-state index >= 15 is 0 Å². The summed E-state index contributed by atoms with van der Waals surface area (Å²) in [6.45, 7) is 16.5. The highest BCUT2D eigenvalue weighted by molar-refractivity contribution is 14.0. The van der Waals surface area contributed by atoms with Crippen molar-refractivity contribution in [1.29, 1.82) is 0 Å². The molecule has 27 heavy (non-hydrogen) atoms. The second-order valence-electron chi connectivity index (χ2n) is 8.11. The number of ether oxygens (including phenoxy) is 2. The van der Waals surface area contributed by atoms with Crippen LogP contribution in [0.5, 0.6) is 0 Å². The molecule has 160 valence electrons. The van der Waals surface area contributed by atoms with Gasteiger partial charge in [0, 0.05) is 26.2 Å². The zero-order chi connectivity index (χ0) is 19.6. The maximum Gasteiger partial charge on any atom is 0.407 e. The van der Waals surface area contributed by atoms with Crippen molar-refractivity contribution < 1.29 is 14.3 Å². The summed E-state index contributed by atoms with van der Waals surface area (Å²) in [5.74, 6) is 1.54. The van der Waals surface area contributed by atoms with Gasteiger partial charge in [0.05, 0.1) is 19.2 Å². The highest BCUT2D eigenvalue weighted by Crippen LogP contribution is 2.12. The van der Waals surface area contributed by atoms with E-state index in [0.717, 1.165) is 45.0 Å². The predicted octanol–water partition coefficient (Wildman–Crippen LogP) is 3.23. The molecule has 0 aromatic carbocycles. The third kappa shape index (κ3) is 12.3. The van der Waals surface area contributed by atoms with E-state index in [1.807, 2.05) is 20.8 Å². The van der Waals surface area contributed by atoms with E-state index < -0.39 is 5.60 Å². The summed E-state index contributed by atoms with van der Waals surface area (Å²) in [6.07, 6.45) is 1.60. The Bertz CT molecular complexity index is 453. The van der Waals surface area contributed by atoms with Crippen LogP contribution in [0.4, 0.5) is 4.79 Å². The number of hydrogen-bond donors (Lipinski definition) is 2. The molecule has 1 fully saturated rings. The van der Waals surface area contributed by atoms with Gasteiger partial charge < -0.3 is 25.0 Å². The molecule has 0 saturated carbocycles. The zero-order valence-corrected chi connectivity index (χ0v) is 20.2. The summed E-state index contributed by atoms with van der Waals surface area (Å²) >= 11 is 0. The van der Waals surface area contributed by atoms with Gasteiger partial charge in [-0.2, -0.15) is 0 Å². The largest absolute Gasteiger partial charge is 0.444 e. The van der Waals surface area contributed by atoms with Crippen LogP contribution in [-0.2, 0) is 9.47 Å². The van der Waals surface area contributed by atoms with Crippen LogP contribution in [0.25, 0.3) is 0 Å². The molecule has 1 aliphatic heterocycles. The molecule has 1 saturated heterocycles. The van der Waals surface area contributed by atoms with Crippen molar-refractivity contribution in [3.63, 3.8) is 0 Å². The number of halogens is 1. The lowest BCUT2D eigenvalue weighted by molar-refractivity contribution is 0.0507. The first kappa shape index (κ1) is 26.2. The van der Waals surface area contributed by atoms with E-state index in [9.17, 15) is 4.79 Å². The number of rotatable bonds is 8. The number of nitrogens with zero attached hydrogens (tertiary/aromatic N) is 2. The van der Waals surface area contributed by atoms with E-state index in [-0.39, 0.29) is 36.1 Å². The molecule has 0 aliphatic carbocycles. The van der Waals surface area contributed by atoms with Crippen molar-refractivity contribution in [2.24, 2.45) is 10.9 Å². The van der Waals surface area contributed by atoms with Crippen molar-refractivity contribution in [3.8, 4) is 0 Å². The highest BCUT2D eigenvalue weighted by Gasteiger charge is 2.27. The third-order valence-corrected chi connectivity index (χ3v) is 3.88. The predicted molar refractivity (Wildman–Crippen MR) is 121 cm³/mol. The molecule has 1 amide bonds. The SMILES string of the molecule is CCNC(=NCCOCCC(C)C)N1CCC(NC(=O)OC(C)(C)C)C1.I. The van der Waals surface area contributed by atoms with E-state index in [0.29, 0.717) is 19.1 Å². The number of carbonyl (C=O) groups is 1. The molecule has 0 aromatic rings. The number of aliphatic imine (C=N–C) groups is 1. The smallest absolute Gasteiger partial charge is 0.407 e. The summed E-state index contributed by atoms with van der Waals surface area (Å²) in [7, 11) is 0. The van der Waals surface area contributed by atoms with Crippen molar-refractivity contribution in [3.05, 3.63) is 0 Å². The second-order valence-corrected chi connectivity index (χ2v) is 8.11. The van der Waals surface area contributed by atoms with E-state index in [1.54, 1.807) is 0 Å². The first-order chi connectivity index (χ1) is 12.2. The number of guanidine groups is 1. The summed E-state index contributed by atoms with van der Waals surface area (Å²) in [4.78, 5) is 18.8. The summed E-state index contributed by atoms with van der Waals surface area (Å²) in [5.41, 5.74) is -0.478. The minimum absolute atomic E-state index is 0. The Morgan fingerprint density at radius 1 is 1.30 bits per heavy atom. The van der Waals surface area contributed by atoms with E-state index in [2.05, 4.69) is 41.3 Å². The van der Waals surface area contributed by atoms with Gasteiger partial charge >= 0.3 is 6.09 Å². The van der Waals surface area contributed by atoms with Crippen LogP contribution in [-0.4, -0.2) is 68.0 Å². The molecule has 1 atom stereocenters. The van der Waals surface area contributed by atoms with Crippen molar-refractivity contribution >= 4 is 36.0 Å². The molecule has 0 radical (unpaired) electrons. The first-order valence-corrected chi connectivity index (χ1v) is 9.81. The van der Waals surface area contributed by atoms with E-state index in [4.69, 9.17) is 9.47 Å². The molecule has 1 aliphatic rings. The van der Waals surface area contributed by atoms with Crippen LogP contribution >= 0.6 is 24.0 Å². The Morgan fingerprint density at radius 2 is 2.00 bits per heavy atom. The minimum atomic E-state index is -0.478. The molecule has 1 unspecified atom stereocenters. The van der Waals surface area contributed by atoms with Crippen molar-refractivity contribution in [2.75, 3.05) is 39.4 Å². The Kier molecular flexibility index (Phi) is 13.0. The third-order valence-electron chi connectivity index (χ3n) is 3.88. The van der Waals surface area contributed by atoms with Gasteiger partial charge in [0.25, 0.3) is 0 Å². The average molecular weight is 498 g/mol. The van der Waals surface area contributed by atoms with Crippen LogP contribution < -0.4 is 10.6 Å². The number of nitrogens with one attached hydrogen (secondary N) is 2. The van der Waals surface area contributed by atoms with Gasteiger partial charge in [-0.1, -0.05) is 13.8 Å². The summed E-state index contributed by atoms with van der Waals surface area (Å²) in [6, 6.07) is 0.0796. The van der Waals surface area contributed by atoms with Gasteiger partial charge in [0.2, 0.25) is 0 Å². The van der Waals surface area contributed by atoms with Crippen LogP contribution in [0.1, 0.15) is 54.4 Å². The summed E-state index contributed by atoms with van der Waals surface area (Å²) in [5, 5.41) is 6.27. The molecule has 7 nitrogen and oxygen atoms in total. The van der Waals surface area contributed by atoms with Crippen LogP contribution in [0.2, 0.25) is 0 Å². The Morgan fingerprint density at radius 3 is 2.59 bits per heavy atom. The molecular weight excluding hydrogens is 459 g/mol. The van der Waals surface area contributed by atoms with Gasteiger partial charge in [-0.05, 0) is 46.5 Å². The molecule has 2 N–H and O–H groups in total. The standard InChI is InChI=1S/C19H38N4O3.HI/c1-7-20-17(21-10-13-25-12-9-15(2)3)23-11-8-16(14-23)22-18(24)26-19(4,5)6;/h15-16H,7-14H2,1-6H3,(H,20,21)(H,22,24);1H. The van der Waals surface area contributed by atoms with Crippen LogP contribution in [0.3, 0.4) is 0 Å². The molecule has 1 rings (SSSR count). The van der Waals surface area contributed by atoms with Gasteiger partial charge in [-0.25, -0.2) is 4.79 Å². The average Bonchev–Trinajstić information content (AvgIpc) is 2.95. The topological polar surface area (TPSA) is 75.2 Å². The van der Waals surface area contributed by atoms with Crippen molar-refractivity contribution in [1.82, 2.24) is 15.5 Å². The van der Waals surface area contributed by atoms with Crippen LogP contribution in [0, 0.1) is 5.92 Å². The van der Waals surface area contributed by atoms with E-state index in [1.165, 1.54) is 0 Å². The second kappa shape index (κ2) is 13.4. The zero-order valence-electron chi connectivity index (χ0n) is 17.8. The van der Waals surface area contributed by atoms with Crippen LogP contribution in [0.15, 0.2) is 4.99 Å². The molecular formula is C19H39IN4O3. The lowest BCUT2D eigenvalue weighted by Gasteiger charge is -2.23. The lowest BCUT2D eigenvalue weighted by atomic mass is 10.1. The number of carbonyl (C=O) groups excluding carboxylic acids is 1. The molecule has 0 spiro atoms. The van der Waals surface area contributed by atoms with Crippen molar-refractivity contribution in [2.45, 2.75) is 66.0 Å². The Balaban J connectivity index is 0.00000676. The quantitative estimate of drug-likeness (QED) is 0.233. The Hall–Kier alpha value is -0.770. The fourth-order valence-corrected chi connectivity index (χ4v) is 2.61. The van der Waals surface area contributed by atoms with Gasteiger partial charge in [-0.15, -0.1) is 24.0 Å². The number of amides is 1. The minimum Gasteiger partial charge on any atom is -0.444 e. The maximum absolute atomic E-state index is 11.9. The number of likely N-dealkylation sites (tertiary alicyclic amines) is 1. The molecule has 1 heterocycles. The normalized spacial score (nSPS) is 17.7. The fraction of sp³-hybridized carbons (Fsp3) is 0.895. The number of hydrogen-bond acceptors (Lipinski definition) is 4. The maximum atomic E-state index is 11.9. The first-order valence-electron chi connectivity index (χ1n) is 9.81. The molecule has 8 heteroatoms. The lowest BCUT2D eigenvalue weighted by Crippen LogP contribution is -2.44. The summed E-state index contributed by atoms with van der Waals surface area (Å²) < 4.78 is 11.0. The molecule has 0 bridgehead atoms. The Labute approximate surface area is 182 Å². The fourth-order valence-electron chi connectivity index (χ4n) is 2.61. The van der Waals surface area contributed by atoms with Gasteiger partial charge in [0.15, 0.2) is 5.96 Å². The molecule has 0 aromatic heterocycles. The van der Waals surface area contributed by atoms with Gasteiger partial charge in [-0.3, -0.25) is 4.99 Å². The van der Waals surface area contributed by atoms with Gasteiger partial charge in [0.1, 0.15) is 5.60 Å². The number of alkyl carbamates (subject to hydrolysis) is 1. The highest BCUT2D eigenvalue weighted by atomic mass is 127. The monoisotopic (exact) mass is 498 g/mol.